The van der Waals surface area contributed by atoms with Crippen LogP contribution >= 0.6 is 23.5 Å². The summed E-state index contributed by atoms with van der Waals surface area (Å²) in [6, 6.07) is 4.32. The molecule has 0 radical (unpaired) electrons. The Morgan fingerprint density at radius 1 is 1.12 bits per heavy atom. The van der Waals surface area contributed by atoms with E-state index < -0.39 is 64.3 Å². The van der Waals surface area contributed by atoms with Crippen molar-refractivity contribution in [3.05, 3.63) is 63.5 Å². The monoisotopic (exact) mass is 739 g/mol. The lowest BCUT2D eigenvalue weighted by Gasteiger charge is -2.31. The number of nitrogens with zero attached hydrogens (tertiary/aromatic N) is 4. The smallest absolute Gasteiger partial charge is 0.490 e. The molecule has 0 saturated heterocycles. The van der Waals surface area contributed by atoms with Crippen LogP contribution in [0.3, 0.4) is 0 Å². The molecule has 24 heteroatoms. The molecule has 0 spiro atoms. The molecule has 0 fully saturated rings. The second kappa shape index (κ2) is 13.8. The Labute approximate surface area is 271 Å². The first kappa shape index (κ1) is 37.4. The summed E-state index contributed by atoms with van der Waals surface area (Å²) in [6.45, 7) is 4.37. The lowest BCUT2D eigenvalue weighted by atomic mass is 9.83. The quantitative estimate of drug-likeness (QED) is 0.0764. The molecule has 7 N–H and O–H groups in total. The lowest BCUT2D eigenvalue weighted by Crippen LogP contribution is -2.22. The van der Waals surface area contributed by atoms with Gasteiger partial charge in [0.2, 0.25) is 0 Å². The highest BCUT2D eigenvalue weighted by Gasteiger charge is 2.42. The molecule has 3 heterocycles. The molecule has 264 valence electrons. The van der Waals surface area contributed by atoms with Gasteiger partial charge >= 0.3 is 23.5 Å². The number of fused-ring (bicyclic) bond motifs is 1. The number of hydrogen-bond donors (Lipinski definition) is 6. The fourth-order valence-electron chi connectivity index (χ4n) is 4.80. The van der Waals surface area contributed by atoms with E-state index >= 15 is 0 Å². The maximum Gasteiger partial charge on any atom is 0.490 e. The number of ether oxygens (including phenoxy) is 3. The molecular weight excluding hydrogens is 707 g/mol. The molecule has 21 nitrogen and oxygen atoms in total. The fourth-order valence-corrected chi connectivity index (χ4v) is 7.78. The minimum Gasteiger partial charge on any atom is -0.508 e. The Kier molecular flexibility index (Phi) is 10.8. The van der Waals surface area contributed by atoms with Crippen molar-refractivity contribution in [3.8, 4) is 5.75 Å². The zero-order valence-electron chi connectivity index (χ0n) is 25.6. The van der Waals surface area contributed by atoms with Gasteiger partial charge in [-0.25, -0.2) is 23.7 Å². The van der Waals surface area contributed by atoms with E-state index in [0.717, 1.165) is 0 Å². The van der Waals surface area contributed by atoms with E-state index in [1.807, 2.05) is 20.8 Å². The molecule has 3 aromatic rings. The van der Waals surface area contributed by atoms with Crippen LogP contribution in [0, 0.1) is 15.5 Å². The Morgan fingerprint density at radius 3 is 2.42 bits per heavy atom. The maximum absolute atomic E-state index is 12.1. The van der Waals surface area contributed by atoms with E-state index in [1.165, 1.54) is 36.2 Å². The van der Waals surface area contributed by atoms with Crippen molar-refractivity contribution in [2.75, 3.05) is 19.5 Å². The summed E-state index contributed by atoms with van der Waals surface area (Å²) in [7, 11) is -15.4. The van der Waals surface area contributed by atoms with Gasteiger partial charge in [0.25, 0.3) is 5.69 Å². The van der Waals surface area contributed by atoms with Crippen LogP contribution in [0.15, 0.2) is 42.2 Å². The number of hydrogen-bond acceptors (Lipinski definition) is 15. The van der Waals surface area contributed by atoms with Crippen molar-refractivity contribution in [1.82, 2.24) is 14.5 Å². The van der Waals surface area contributed by atoms with Crippen molar-refractivity contribution >= 4 is 46.0 Å². The van der Waals surface area contributed by atoms with Crippen molar-refractivity contribution in [2.45, 2.75) is 46.1 Å². The predicted molar refractivity (Wildman–Crippen MR) is 163 cm³/mol. The van der Waals surface area contributed by atoms with Gasteiger partial charge < -0.3 is 44.6 Å². The van der Waals surface area contributed by atoms with Gasteiger partial charge in [0.15, 0.2) is 12.0 Å². The van der Waals surface area contributed by atoms with Crippen LogP contribution in [-0.4, -0.2) is 57.9 Å². The minimum absolute atomic E-state index is 0.0556. The van der Waals surface area contributed by atoms with Gasteiger partial charge in [-0.3, -0.25) is 19.2 Å². The third-order valence-electron chi connectivity index (χ3n) is 6.68. The number of aliphatic hydroxyl groups excluding tert-OH is 1. The third kappa shape index (κ3) is 8.96. The van der Waals surface area contributed by atoms with Crippen LogP contribution < -0.4 is 10.5 Å². The first-order valence-corrected chi connectivity index (χ1v) is 18.0. The minimum atomic E-state index is -5.76. The molecule has 48 heavy (non-hydrogen) atoms. The second-order valence-electron chi connectivity index (χ2n) is 11.3. The Morgan fingerprint density at radius 2 is 1.81 bits per heavy atom. The number of aromatic nitrogens is 3. The number of methoxy groups -OCH3 is 1. The van der Waals surface area contributed by atoms with Crippen LogP contribution in [0.25, 0.3) is 11.0 Å². The van der Waals surface area contributed by atoms with E-state index in [2.05, 4.69) is 23.1 Å². The Hall–Kier alpha value is -3.45. The molecule has 0 amide bonds. The largest absolute Gasteiger partial charge is 0.508 e. The van der Waals surface area contributed by atoms with Gasteiger partial charge in [-0.1, -0.05) is 20.8 Å². The number of benzene rings is 1. The summed E-state index contributed by atoms with van der Waals surface area (Å²) in [5, 5.41) is 22.7. The molecule has 1 aliphatic rings. The van der Waals surface area contributed by atoms with Gasteiger partial charge in [-0.2, -0.15) is 8.62 Å². The van der Waals surface area contributed by atoms with E-state index in [-0.39, 0.29) is 35.7 Å². The average molecular weight is 739 g/mol. The van der Waals surface area contributed by atoms with Gasteiger partial charge in [0.1, 0.15) is 35.9 Å². The summed E-state index contributed by atoms with van der Waals surface area (Å²) in [6.07, 6.45) is 0.608. The SMILES string of the molecule is COc1ccc([N+](=O)[O-])c([C@@H](OCc2cn(C3CC(O)=C(COP(=O)(O)OP(=O)(O)OP(=O)(O)O)O3)c3ncnc(N)c23)C(C)(C)C)c1. The van der Waals surface area contributed by atoms with Crippen molar-refractivity contribution in [3.63, 3.8) is 0 Å². The zero-order chi connectivity index (χ0) is 35.8. The topological polar surface area (TPSA) is 308 Å². The first-order chi connectivity index (χ1) is 22.1. The lowest BCUT2D eigenvalue weighted by molar-refractivity contribution is -0.386. The molecule has 1 aliphatic heterocycles. The molecule has 4 rings (SSSR count). The summed E-state index contributed by atoms with van der Waals surface area (Å²) < 4.78 is 65.2. The fraction of sp³-hybridized carbons (Fsp3) is 0.417. The molecule has 2 aromatic heterocycles. The number of anilines is 1. The first-order valence-electron chi connectivity index (χ1n) is 13.5. The number of nitrogen functional groups attached to an aromatic ring is 1. The van der Waals surface area contributed by atoms with Gasteiger partial charge in [-0.05, 0) is 17.5 Å². The predicted octanol–water partition coefficient (Wildman–Crippen LogP) is 4.27. The van der Waals surface area contributed by atoms with Crippen LogP contribution in [0.5, 0.6) is 5.75 Å². The Bertz CT molecular complexity index is 1890. The van der Waals surface area contributed by atoms with Gasteiger partial charge in [0, 0.05) is 17.8 Å². The second-order valence-corrected chi connectivity index (χ2v) is 15.7. The number of aliphatic hydroxyl groups is 1. The van der Waals surface area contributed by atoms with Crippen LogP contribution in [0.4, 0.5) is 11.5 Å². The number of nitro groups is 1. The van der Waals surface area contributed by atoms with Crippen molar-refractivity contribution in [1.29, 1.82) is 0 Å². The van der Waals surface area contributed by atoms with Crippen LogP contribution in [0.1, 0.15) is 50.7 Å². The van der Waals surface area contributed by atoms with Crippen LogP contribution in [0.2, 0.25) is 0 Å². The number of nitro benzene ring substituents is 1. The molecular formula is C24H32N5O16P3. The third-order valence-corrected chi connectivity index (χ3v) is 10.5. The molecule has 3 unspecified atom stereocenters. The van der Waals surface area contributed by atoms with E-state index in [4.69, 9.17) is 29.7 Å². The highest BCUT2D eigenvalue weighted by Crippen LogP contribution is 2.66. The maximum atomic E-state index is 12.1. The number of nitrogens with two attached hydrogens (primary N) is 1. The van der Waals surface area contributed by atoms with E-state index in [9.17, 15) is 38.7 Å². The van der Waals surface area contributed by atoms with Crippen molar-refractivity contribution in [2.24, 2.45) is 5.41 Å². The van der Waals surface area contributed by atoms with Gasteiger partial charge in [-0.15, -0.1) is 0 Å². The Balaban J connectivity index is 1.57. The van der Waals surface area contributed by atoms with Crippen molar-refractivity contribution < 1.29 is 70.7 Å². The highest BCUT2D eigenvalue weighted by atomic mass is 31.3. The molecule has 0 aliphatic carbocycles. The molecule has 4 atom stereocenters. The number of rotatable bonds is 14. The summed E-state index contributed by atoms with van der Waals surface area (Å²) in [5.41, 5.74) is 6.30. The highest BCUT2D eigenvalue weighted by molar-refractivity contribution is 7.66. The molecule has 1 aromatic carbocycles. The number of phosphoric ester groups is 1. The summed E-state index contributed by atoms with van der Waals surface area (Å²) in [5.74, 6) is -0.419. The zero-order valence-corrected chi connectivity index (χ0v) is 28.3. The van der Waals surface area contributed by atoms with Crippen LogP contribution in [-0.2, 0) is 42.9 Å². The summed E-state index contributed by atoms with van der Waals surface area (Å²) >= 11 is 0. The normalized spacial score (nSPS) is 18.7. The van der Waals surface area contributed by atoms with E-state index in [1.54, 1.807) is 6.20 Å². The van der Waals surface area contributed by atoms with Gasteiger partial charge in [0.05, 0.1) is 42.1 Å². The molecule has 0 bridgehead atoms. The number of phosphoric acid groups is 3. The standard InChI is InChI=1S/C24H32N5O16P3/c1-24(2,3)21(15-7-14(40-4)5-6-16(15)29(31)32)41-10-13-9-28(23-20(13)22(25)26-12-27-23)19-8-17(30)18(43-19)11-42-47(36,37)45-48(38,39)44-46(33,34)35/h5-7,9,12,19,21,30H,8,10-11H2,1-4H3,(H,36,37)(H,38,39)(H2,25,26,27)(H2,33,34,35)/t19?,21-/m1/s1. The molecule has 0 saturated carbocycles. The average Bonchev–Trinajstić information content (AvgIpc) is 3.49. The van der Waals surface area contributed by atoms with E-state index in [0.29, 0.717) is 16.7 Å². The summed E-state index contributed by atoms with van der Waals surface area (Å²) in [4.78, 5) is 56.1.